The van der Waals surface area contributed by atoms with E-state index in [-0.39, 0.29) is 0 Å². The summed E-state index contributed by atoms with van der Waals surface area (Å²) in [6.07, 6.45) is 1.41. The van der Waals surface area contributed by atoms with Crippen molar-refractivity contribution >= 4 is 25.0 Å². The average Bonchev–Trinajstić information content (AvgIpc) is 2.32. The maximum absolute atomic E-state index is 10.3. The van der Waals surface area contributed by atoms with Gasteiger partial charge in [0.15, 0.2) is 0 Å². The van der Waals surface area contributed by atoms with Crippen molar-refractivity contribution in [2.75, 3.05) is 0 Å². The van der Waals surface area contributed by atoms with E-state index in [2.05, 4.69) is 0 Å². The molecule has 2 N–H and O–H groups in total. The summed E-state index contributed by atoms with van der Waals surface area (Å²) in [7, 11) is -3.98. The van der Waals surface area contributed by atoms with Crippen LogP contribution in [-0.2, 0) is 4.57 Å². The smallest absolute Gasteiger partial charge is 0.321 e. The van der Waals surface area contributed by atoms with Crippen LogP contribution in [0.2, 0.25) is 0 Å². The van der Waals surface area contributed by atoms with Crippen molar-refractivity contribution in [3.63, 3.8) is 0 Å². The first-order valence-electron chi connectivity index (χ1n) is 2.84. The normalized spacial score (nSPS) is 12.5. The predicted molar refractivity (Wildman–Crippen MR) is 45.4 cm³/mol. The van der Waals surface area contributed by atoms with Crippen LogP contribution < -0.4 is 0 Å². The molecule has 1 aromatic heterocycles. The van der Waals surface area contributed by atoms with Crippen molar-refractivity contribution in [1.29, 1.82) is 0 Å². The summed E-state index contributed by atoms with van der Waals surface area (Å²) in [6.45, 7) is 0. The Morgan fingerprint density at radius 2 is 2.27 bits per heavy atom. The maximum atomic E-state index is 10.3. The van der Waals surface area contributed by atoms with E-state index in [9.17, 15) is 4.57 Å². The summed E-state index contributed by atoms with van der Waals surface area (Å²) in [5.41, 5.74) is 0.818. The zero-order valence-corrected chi connectivity index (χ0v) is 7.26. The Morgan fingerprint density at radius 1 is 1.55 bits per heavy atom. The molecule has 3 nitrogen and oxygen atoms in total. The number of hydrogen-bond acceptors (Lipinski definition) is 2. The highest BCUT2D eigenvalue weighted by Crippen LogP contribution is 2.36. The SMILES string of the molecule is O=P(O)(O)/C=C/c1ccsc1. The maximum Gasteiger partial charge on any atom is 0.349 e. The van der Waals surface area contributed by atoms with Crippen LogP contribution in [0.3, 0.4) is 0 Å². The summed E-state index contributed by atoms with van der Waals surface area (Å²) < 4.78 is 10.3. The zero-order chi connectivity index (χ0) is 8.32. The van der Waals surface area contributed by atoms with Gasteiger partial charge in [-0.2, -0.15) is 11.3 Å². The number of rotatable bonds is 2. The quantitative estimate of drug-likeness (QED) is 0.700. The molecule has 0 spiro atoms. The standard InChI is InChI=1S/C6H7O3PS/c7-10(8,9)3-1-6-2-4-11-5-6/h1-5H,(H2,7,8,9)/b3-1+. The van der Waals surface area contributed by atoms with Gasteiger partial charge in [0.25, 0.3) is 0 Å². The Kier molecular flexibility index (Phi) is 2.62. The fraction of sp³-hybridized carbons (Fsp3) is 0. The average molecular weight is 190 g/mol. The van der Waals surface area contributed by atoms with Gasteiger partial charge in [0, 0.05) is 5.82 Å². The third-order valence-electron chi connectivity index (χ3n) is 1.00. The fourth-order valence-corrected chi connectivity index (χ4v) is 1.55. The third kappa shape index (κ3) is 3.49. The first-order chi connectivity index (χ1) is 5.08. The van der Waals surface area contributed by atoms with Crippen LogP contribution in [-0.4, -0.2) is 9.79 Å². The molecule has 0 bridgehead atoms. The molecular weight excluding hydrogens is 183 g/mol. The van der Waals surface area contributed by atoms with Gasteiger partial charge in [0.2, 0.25) is 0 Å². The molecule has 0 aliphatic rings. The highest BCUT2D eigenvalue weighted by atomic mass is 32.1. The molecule has 0 saturated carbocycles. The van der Waals surface area contributed by atoms with Crippen LogP contribution in [0, 0.1) is 0 Å². The zero-order valence-electron chi connectivity index (χ0n) is 5.54. The molecule has 11 heavy (non-hydrogen) atoms. The molecule has 1 aromatic rings. The van der Waals surface area contributed by atoms with Gasteiger partial charge in [-0.1, -0.05) is 0 Å². The van der Waals surface area contributed by atoms with Crippen LogP contribution in [0.5, 0.6) is 0 Å². The lowest BCUT2D eigenvalue weighted by atomic mass is 10.3. The minimum atomic E-state index is -3.98. The first kappa shape index (κ1) is 8.68. The lowest BCUT2D eigenvalue weighted by Crippen LogP contribution is -1.68. The minimum absolute atomic E-state index is 0.818. The molecule has 0 aromatic carbocycles. The lowest BCUT2D eigenvalue weighted by Gasteiger charge is -1.91. The van der Waals surface area contributed by atoms with Crippen molar-refractivity contribution in [2.45, 2.75) is 0 Å². The summed E-state index contributed by atoms with van der Waals surface area (Å²) >= 11 is 1.49. The van der Waals surface area contributed by atoms with Crippen molar-refractivity contribution in [3.05, 3.63) is 28.2 Å². The molecule has 1 heterocycles. The van der Waals surface area contributed by atoms with E-state index in [1.807, 2.05) is 10.8 Å². The Balaban J connectivity index is 2.71. The second-order valence-electron chi connectivity index (χ2n) is 1.96. The van der Waals surface area contributed by atoms with Crippen LogP contribution in [0.4, 0.5) is 0 Å². The van der Waals surface area contributed by atoms with E-state index in [0.29, 0.717) is 0 Å². The summed E-state index contributed by atoms with van der Waals surface area (Å²) in [4.78, 5) is 16.9. The highest BCUT2D eigenvalue weighted by Gasteiger charge is 2.04. The molecule has 0 amide bonds. The molecule has 0 aliphatic heterocycles. The van der Waals surface area contributed by atoms with Crippen molar-refractivity contribution in [1.82, 2.24) is 0 Å². The first-order valence-corrected chi connectivity index (χ1v) is 5.47. The van der Waals surface area contributed by atoms with E-state index in [4.69, 9.17) is 9.79 Å². The number of thiophene rings is 1. The molecule has 0 fully saturated rings. The Morgan fingerprint density at radius 3 is 2.73 bits per heavy atom. The Bertz CT molecular complexity index is 285. The monoisotopic (exact) mass is 190 g/mol. The minimum Gasteiger partial charge on any atom is -0.321 e. The van der Waals surface area contributed by atoms with Gasteiger partial charge in [-0.05, 0) is 28.5 Å². The highest BCUT2D eigenvalue weighted by molar-refractivity contribution is 7.55. The lowest BCUT2D eigenvalue weighted by molar-refractivity contribution is 0.386. The van der Waals surface area contributed by atoms with Crippen LogP contribution in [0.15, 0.2) is 22.6 Å². The molecule has 1 rings (SSSR count). The topological polar surface area (TPSA) is 57.5 Å². The molecule has 0 atom stereocenters. The van der Waals surface area contributed by atoms with E-state index in [1.165, 1.54) is 17.4 Å². The number of hydrogen-bond donors (Lipinski definition) is 2. The van der Waals surface area contributed by atoms with Crippen molar-refractivity contribution in [3.8, 4) is 0 Å². The summed E-state index contributed by atoms with van der Waals surface area (Å²) in [5.74, 6) is 0.898. The van der Waals surface area contributed by atoms with Crippen LogP contribution in [0.25, 0.3) is 6.08 Å². The van der Waals surface area contributed by atoms with Gasteiger partial charge >= 0.3 is 7.60 Å². The molecule has 0 unspecified atom stereocenters. The largest absolute Gasteiger partial charge is 0.349 e. The van der Waals surface area contributed by atoms with E-state index >= 15 is 0 Å². The fourth-order valence-electron chi connectivity index (χ4n) is 0.553. The molecule has 0 saturated heterocycles. The third-order valence-corrected chi connectivity index (χ3v) is 2.24. The summed E-state index contributed by atoms with van der Waals surface area (Å²) in [5, 5.41) is 3.66. The van der Waals surface area contributed by atoms with Crippen LogP contribution >= 0.6 is 18.9 Å². The summed E-state index contributed by atoms with van der Waals surface area (Å²) in [6, 6.07) is 1.79. The van der Waals surface area contributed by atoms with Crippen molar-refractivity contribution < 1.29 is 14.4 Å². The van der Waals surface area contributed by atoms with Gasteiger partial charge in [-0.15, -0.1) is 0 Å². The Labute approximate surface area is 68.2 Å². The molecular formula is C6H7O3PS. The van der Waals surface area contributed by atoms with E-state index in [0.717, 1.165) is 11.4 Å². The molecule has 5 heteroatoms. The Hall–Kier alpha value is -0.410. The van der Waals surface area contributed by atoms with Gasteiger partial charge < -0.3 is 9.79 Å². The molecule has 0 aliphatic carbocycles. The van der Waals surface area contributed by atoms with E-state index < -0.39 is 7.60 Å². The predicted octanol–water partition coefficient (Wildman–Crippen LogP) is 1.90. The van der Waals surface area contributed by atoms with Crippen molar-refractivity contribution in [2.24, 2.45) is 0 Å². The van der Waals surface area contributed by atoms with E-state index in [1.54, 1.807) is 6.07 Å². The second kappa shape index (κ2) is 3.32. The second-order valence-corrected chi connectivity index (χ2v) is 4.22. The molecule has 60 valence electrons. The van der Waals surface area contributed by atoms with Gasteiger partial charge in [-0.3, -0.25) is 4.57 Å². The van der Waals surface area contributed by atoms with Gasteiger partial charge in [0.1, 0.15) is 0 Å². The molecule has 0 radical (unpaired) electrons. The van der Waals surface area contributed by atoms with Gasteiger partial charge in [-0.25, -0.2) is 0 Å². The van der Waals surface area contributed by atoms with Gasteiger partial charge in [0.05, 0.1) is 0 Å². The van der Waals surface area contributed by atoms with Crippen LogP contribution in [0.1, 0.15) is 5.56 Å².